The number of esters is 1. The number of hydrogen-bond acceptors (Lipinski definition) is 5. The number of rotatable bonds is 4. The van der Waals surface area contributed by atoms with Crippen molar-refractivity contribution >= 4 is 23.2 Å². The molecule has 0 spiro atoms. The lowest BCUT2D eigenvalue weighted by Crippen LogP contribution is -2.49. The van der Waals surface area contributed by atoms with Crippen LogP contribution < -0.4 is 0 Å². The van der Waals surface area contributed by atoms with Crippen molar-refractivity contribution in [3.8, 4) is 11.3 Å². The molecule has 2 saturated heterocycles. The summed E-state index contributed by atoms with van der Waals surface area (Å²) in [6, 6.07) is 8.89. The zero-order chi connectivity index (χ0) is 23.9. The monoisotopic (exact) mass is 492 g/mol. The Morgan fingerprint density at radius 1 is 1.09 bits per heavy atom. The summed E-state index contributed by atoms with van der Waals surface area (Å²) in [6.45, 7) is 2.39. The lowest BCUT2D eigenvalue weighted by Gasteiger charge is -2.44. The van der Waals surface area contributed by atoms with Crippen LogP contribution in [0.15, 0.2) is 36.4 Å². The predicted molar refractivity (Wildman–Crippen MR) is 121 cm³/mol. The molecule has 5 rings (SSSR count). The van der Waals surface area contributed by atoms with Gasteiger partial charge in [0.2, 0.25) is 0 Å². The van der Waals surface area contributed by atoms with Crippen molar-refractivity contribution in [1.29, 1.82) is 0 Å². The van der Waals surface area contributed by atoms with E-state index in [9.17, 15) is 18.0 Å². The van der Waals surface area contributed by atoms with Gasteiger partial charge in [-0.3, -0.25) is 4.90 Å². The van der Waals surface area contributed by atoms with Gasteiger partial charge in [0.25, 0.3) is 0 Å². The van der Waals surface area contributed by atoms with E-state index in [-0.39, 0.29) is 29.6 Å². The summed E-state index contributed by atoms with van der Waals surface area (Å²) in [5.41, 5.74) is -0.718. The number of carbonyl (C=O) groups excluding carboxylic acids is 1. The number of piperidine rings is 2. The molecule has 10 heteroatoms. The fourth-order valence-corrected chi connectivity index (χ4v) is 5.20. The third kappa shape index (κ3) is 4.63. The third-order valence-corrected chi connectivity index (χ3v) is 6.98. The second-order valence-electron chi connectivity index (χ2n) is 8.93. The molecule has 2 aliphatic heterocycles. The maximum absolute atomic E-state index is 13.8. The van der Waals surface area contributed by atoms with Crippen LogP contribution in [0, 0.1) is 5.92 Å². The Bertz CT molecular complexity index is 1190. The molecule has 2 fully saturated rings. The minimum absolute atomic E-state index is 0.0807. The normalized spacial score (nSPS) is 21.4. The molecule has 6 nitrogen and oxygen atoms in total. The standard InChI is InChI=1S/C24H24ClF3N4O2/c25-17-8-6-15(7-9-17)18-12-21(24(26,27)28)32-22(29-18)13-19(30-32)23(33)34-14-16-4-3-11-31-10-2-1-5-20(16)31/h6-9,12-13,16,20H,1-5,10-11,14H2/t16-,20-/m1/s1. The number of ether oxygens (including phenoxy) is 1. The molecule has 2 aromatic heterocycles. The second-order valence-corrected chi connectivity index (χ2v) is 9.37. The highest BCUT2D eigenvalue weighted by molar-refractivity contribution is 6.30. The van der Waals surface area contributed by atoms with Gasteiger partial charge in [0.05, 0.1) is 12.3 Å². The van der Waals surface area contributed by atoms with Crippen LogP contribution >= 0.6 is 11.6 Å². The number of benzene rings is 1. The summed E-state index contributed by atoms with van der Waals surface area (Å²) >= 11 is 5.89. The van der Waals surface area contributed by atoms with E-state index < -0.39 is 17.8 Å². The number of hydrogen-bond donors (Lipinski definition) is 0. The first-order valence-electron chi connectivity index (χ1n) is 11.4. The lowest BCUT2D eigenvalue weighted by atomic mass is 9.84. The Hall–Kier alpha value is -2.65. The van der Waals surface area contributed by atoms with Gasteiger partial charge >= 0.3 is 12.1 Å². The van der Waals surface area contributed by atoms with Crippen LogP contribution in [-0.4, -0.2) is 51.2 Å². The Morgan fingerprint density at radius 2 is 1.85 bits per heavy atom. The van der Waals surface area contributed by atoms with Crippen molar-refractivity contribution in [2.75, 3.05) is 19.7 Å². The molecular weight excluding hydrogens is 469 g/mol. The Balaban J connectivity index is 1.40. The van der Waals surface area contributed by atoms with Crippen LogP contribution in [-0.2, 0) is 10.9 Å². The van der Waals surface area contributed by atoms with E-state index in [1.165, 1.54) is 18.9 Å². The summed E-state index contributed by atoms with van der Waals surface area (Å²) in [7, 11) is 0. The van der Waals surface area contributed by atoms with Crippen molar-refractivity contribution in [3.05, 3.63) is 52.8 Å². The van der Waals surface area contributed by atoms with E-state index in [4.69, 9.17) is 16.3 Å². The summed E-state index contributed by atoms with van der Waals surface area (Å²) in [5.74, 6) is -0.505. The molecule has 4 heterocycles. The van der Waals surface area contributed by atoms with Crippen LogP contribution in [0.25, 0.3) is 16.9 Å². The minimum atomic E-state index is -4.69. The van der Waals surface area contributed by atoms with Gasteiger partial charge in [0.1, 0.15) is 0 Å². The van der Waals surface area contributed by atoms with Crippen molar-refractivity contribution in [2.24, 2.45) is 5.92 Å². The summed E-state index contributed by atoms with van der Waals surface area (Å²) in [5, 5.41) is 4.36. The molecule has 0 radical (unpaired) electrons. The molecule has 1 aromatic carbocycles. The summed E-state index contributed by atoms with van der Waals surface area (Å²) in [6.07, 6.45) is 0.783. The van der Waals surface area contributed by atoms with Crippen molar-refractivity contribution in [2.45, 2.75) is 44.3 Å². The van der Waals surface area contributed by atoms with Gasteiger partial charge in [0.15, 0.2) is 17.0 Å². The van der Waals surface area contributed by atoms with E-state index in [1.54, 1.807) is 24.3 Å². The number of fused-ring (bicyclic) bond motifs is 2. The molecule has 0 saturated carbocycles. The smallest absolute Gasteiger partial charge is 0.433 e. The van der Waals surface area contributed by atoms with E-state index >= 15 is 0 Å². The molecule has 3 aromatic rings. The molecule has 34 heavy (non-hydrogen) atoms. The van der Waals surface area contributed by atoms with Gasteiger partial charge in [-0.05, 0) is 57.0 Å². The Morgan fingerprint density at radius 3 is 2.62 bits per heavy atom. The molecule has 0 N–H and O–H groups in total. The van der Waals surface area contributed by atoms with Crippen LogP contribution in [0.4, 0.5) is 13.2 Å². The topological polar surface area (TPSA) is 59.7 Å². The summed E-state index contributed by atoms with van der Waals surface area (Å²) < 4.78 is 47.6. The fourth-order valence-electron chi connectivity index (χ4n) is 5.07. The summed E-state index contributed by atoms with van der Waals surface area (Å²) in [4.78, 5) is 19.5. The predicted octanol–water partition coefficient (Wildman–Crippen LogP) is 5.49. The molecule has 0 aliphatic carbocycles. The molecule has 180 valence electrons. The van der Waals surface area contributed by atoms with Crippen LogP contribution in [0.1, 0.15) is 48.3 Å². The fraction of sp³-hybridized carbons (Fsp3) is 0.458. The number of alkyl halides is 3. The van der Waals surface area contributed by atoms with Gasteiger partial charge in [0, 0.05) is 28.6 Å². The van der Waals surface area contributed by atoms with Crippen LogP contribution in [0.3, 0.4) is 0 Å². The van der Waals surface area contributed by atoms with Gasteiger partial charge in [-0.2, -0.15) is 18.3 Å². The van der Waals surface area contributed by atoms with Crippen molar-refractivity contribution in [3.63, 3.8) is 0 Å². The number of aromatic nitrogens is 3. The second kappa shape index (κ2) is 9.19. The van der Waals surface area contributed by atoms with E-state index in [1.807, 2.05) is 0 Å². The lowest BCUT2D eigenvalue weighted by molar-refractivity contribution is -0.142. The first-order chi connectivity index (χ1) is 16.3. The Labute approximate surface area is 199 Å². The van der Waals surface area contributed by atoms with Gasteiger partial charge in [-0.15, -0.1) is 0 Å². The molecule has 2 aliphatic rings. The highest BCUT2D eigenvalue weighted by Crippen LogP contribution is 2.33. The quantitative estimate of drug-likeness (QED) is 0.451. The van der Waals surface area contributed by atoms with Crippen molar-refractivity contribution in [1.82, 2.24) is 19.5 Å². The zero-order valence-electron chi connectivity index (χ0n) is 18.4. The first kappa shape index (κ1) is 23.1. The van der Waals surface area contributed by atoms with Crippen molar-refractivity contribution < 1.29 is 22.7 Å². The average Bonchev–Trinajstić information content (AvgIpc) is 3.26. The SMILES string of the molecule is O=C(OC[C@H]1CCCN2CCCC[C@H]12)c1cc2nc(-c3ccc(Cl)cc3)cc(C(F)(F)F)n2n1. The van der Waals surface area contributed by atoms with Gasteiger partial charge < -0.3 is 4.74 Å². The molecule has 0 unspecified atom stereocenters. The van der Waals surface area contributed by atoms with Gasteiger partial charge in [-0.1, -0.05) is 30.2 Å². The number of halogens is 4. The first-order valence-corrected chi connectivity index (χ1v) is 11.8. The minimum Gasteiger partial charge on any atom is -0.461 e. The van der Waals surface area contributed by atoms with E-state index in [0.29, 0.717) is 21.1 Å². The van der Waals surface area contributed by atoms with E-state index in [2.05, 4.69) is 15.0 Å². The molecule has 2 atom stereocenters. The number of carbonyl (C=O) groups is 1. The van der Waals surface area contributed by atoms with Crippen LogP contribution in [0.2, 0.25) is 5.02 Å². The third-order valence-electron chi connectivity index (χ3n) is 6.72. The largest absolute Gasteiger partial charge is 0.461 e. The maximum Gasteiger partial charge on any atom is 0.433 e. The molecule has 0 bridgehead atoms. The Kier molecular flexibility index (Phi) is 6.24. The van der Waals surface area contributed by atoms with Gasteiger partial charge in [-0.25, -0.2) is 14.3 Å². The van der Waals surface area contributed by atoms with Crippen LogP contribution in [0.5, 0.6) is 0 Å². The maximum atomic E-state index is 13.8. The average molecular weight is 493 g/mol. The molecular formula is C24H24ClF3N4O2. The number of nitrogens with zero attached hydrogens (tertiary/aromatic N) is 4. The van der Waals surface area contributed by atoms with E-state index in [0.717, 1.165) is 38.4 Å². The molecule has 0 amide bonds. The zero-order valence-corrected chi connectivity index (χ0v) is 19.1. The highest BCUT2D eigenvalue weighted by atomic mass is 35.5. The highest BCUT2D eigenvalue weighted by Gasteiger charge is 2.36.